The molecular weight excluding hydrogens is 985 g/mol. The maximum Gasteiger partial charge on any atom is 0.0886 e. The van der Waals surface area contributed by atoms with E-state index in [1.807, 2.05) is 66.8 Å². The van der Waals surface area contributed by atoms with Gasteiger partial charge >= 0.3 is 0 Å². The zero-order chi connectivity index (χ0) is 47.9. The van der Waals surface area contributed by atoms with Crippen LogP contribution in [0.3, 0.4) is 0 Å². The monoisotopic (exact) mass is 1030 g/mol. The minimum absolute atomic E-state index is 0.915. The van der Waals surface area contributed by atoms with Gasteiger partial charge in [-0.05, 0) is 171 Å². The van der Waals surface area contributed by atoms with E-state index in [0.29, 0.717) is 0 Å². The molecule has 3 aliphatic rings. The van der Waals surface area contributed by atoms with Gasteiger partial charge in [0.1, 0.15) is 0 Å². The first-order chi connectivity index (χ1) is 35.1. The molecule has 15 rings (SSSR count). The minimum Gasteiger partial charge on any atom is -0.355 e. The quantitative estimate of drug-likeness (QED) is 0.181. The molecule has 1 aliphatic carbocycles. The lowest BCUT2D eigenvalue weighted by Crippen LogP contribution is -1.78. The second kappa shape index (κ2) is 23.9. The Morgan fingerprint density at radius 2 is 0.775 bits per heavy atom. The van der Waals surface area contributed by atoms with Crippen LogP contribution in [0.5, 0.6) is 0 Å². The summed E-state index contributed by atoms with van der Waals surface area (Å²) in [7, 11) is 0. The molecule has 12 heterocycles. The summed E-state index contributed by atoms with van der Waals surface area (Å²) in [5.41, 5.74) is 12.6. The first kappa shape index (κ1) is 47.3. The molecule has 8 bridgehead atoms. The summed E-state index contributed by atoms with van der Waals surface area (Å²) in [6, 6.07) is 53.9. The molecule has 0 spiro atoms. The number of hydrogen-bond acceptors (Lipinski definition) is 10. The fraction of sp³-hybridized carbons (Fsp3) is 0.0169. The van der Waals surface area contributed by atoms with Crippen molar-refractivity contribution in [3.05, 3.63) is 242 Å². The van der Waals surface area contributed by atoms with Crippen LogP contribution in [-0.2, 0) is 6.42 Å². The van der Waals surface area contributed by atoms with Crippen molar-refractivity contribution in [1.82, 2.24) is 29.9 Å². The second-order valence-corrected chi connectivity index (χ2v) is 21.4. The molecule has 2 N–H and O–H groups in total. The first-order valence-corrected chi connectivity index (χ1v) is 27.9. The summed E-state index contributed by atoms with van der Waals surface area (Å²) < 4.78 is 2.82. The van der Waals surface area contributed by atoms with E-state index >= 15 is 0 Å². The van der Waals surface area contributed by atoms with E-state index < -0.39 is 0 Å². The maximum absolute atomic E-state index is 4.62. The lowest BCUT2D eigenvalue weighted by molar-refractivity contribution is 1.28. The van der Waals surface area contributed by atoms with E-state index in [-0.39, 0.29) is 0 Å². The van der Waals surface area contributed by atoms with Gasteiger partial charge in [0.05, 0.1) is 33.8 Å². The highest BCUT2D eigenvalue weighted by atomic mass is 32.1. The lowest BCUT2D eigenvalue weighted by Gasteiger charge is -1.93. The van der Waals surface area contributed by atoms with Gasteiger partial charge in [0.25, 0.3) is 0 Å². The minimum atomic E-state index is 0.915. The number of thiophene rings is 6. The van der Waals surface area contributed by atoms with Crippen molar-refractivity contribution in [3.63, 3.8) is 0 Å². The first-order valence-electron chi connectivity index (χ1n) is 22.6. The summed E-state index contributed by atoms with van der Waals surface area (Å²) in [4.78, 5) is 29.7. The van der Waals surface area contributed by atoms with E-state index in [2.05, 4.69) is 190 Å². The molecule has 0 saturated heterocycles. The topological polar surface area (TPSA) is 83.1 Å². The number of H-pyrrole nitrogens is 2. The molecule has 12 aromatic rings. The van der Waals surface area contributed by atoms with Crippen molar-refractivity contribution in [1.29, 1.82) is 0 Å². The third kappa shape index (κ3) is 13.3. The highest BCUT2D eigenvalue weighted by Crippen LogP contribution is 2.30. The molecule has 12 heteroatoms. The highest BCUT2D eigenvalue weighted by Gasteiger charge is 2.04. The molecular formula is C59H44N6S6. The Morgan fingerprint density at radius 1 is 0.352 bits per heavy atom. The Hall–Kier alpha value is -7.42. The van der Waals surface area contributed by atoms with Gasteiger partial charge in [-0.1, -0.05) is 72.8 Å². The van der Waals surface area contributed by atoms with E-state index in [1.165, 1.54) is 40.0 Å². The molecule has 2 aliphatic heterocycles. The van der Waals surface area contributed by atoms with Gasteiger partial charge in [0.15, 0.2) is 0 Å². The summed E-state index contributed by atoms with van der Waals surface area (Å²) in [6.45, 7) is 0. The molecule has 10 aromatic heterocycles. The number of fused-ring (bicyclic) bond motifs is 11. The second-order valence-electron chi connectivity index (χ2n) is 15.7. The standard InChI is InChI=1S/C20H14N4.C9H8.C8H6N2.2C8H6S2.C6H4S2/c1-2-14-10-16-5-6-18(23-16)12-20-8-7-19(24-20)11-17-4-3-15(22-17)9-13(1)21-14;1-2-5-9-7-3-6-8(9)4-1;1-2-4-8-7(3-1)9-5-6-10-8;2*1-3-7(9-5-1)8-4-2-6-10-8;1-3-7-6-2-4-8-5(1)6/h1-12,21-22H;1-6H,7H2;3*1-6H;1-4H. The van der Waals surface area contributed by atoms with E-state index in [4.69, 9.17) is 0 Å². The fourth-order valence-electron chi connectivity index (χ4n) is 7.42. The molecule has 0 radical (unpaired) electrons. The Bertz CT molecular complexity index is 3480. The van der Waals surface area contributed by atoms with E-state index in [1.54, 1.807) is 80.4 Å². The third-order valence-electron chi connectivity index (χ3n) is 10.7. The zero-order valence-electron chi connectivity index (χ0n) is 38.0. The molecule has 0 saturated carbocycles. The summed E-state index contributed by atoms with van der Waals surface area (Å²) >= 11 is 10.8. The van der Waals surface area contributed by atoms with Gasteiger partial charge in [-0.2, -0.15) is 0 Å². The number of allylic oxidation sites excluding steroid dienone is 1. The number of hydrogen-bond donors (Lipinski definition) is 2. The summed E-state index contributed by atoms with van der Waals surface area (Å²) in [5, 5.41) is 12.7. The molecule has 2 aromatic carbocycles. The van der Waals surface area contributed by atoms with Crippen LogP contribution in [-0.4, -0.2) is 29.9 Å². The number of nitrogens with one attached hydrogen (secondary N) is 2. The molecule has 0 amide bonds. The van der Waals surface area contributed by atoms with Gasteiger partial charge < -0.3 is 9.97 Å². The average Bonchev–Trinajstić information content (AvgIpc) is 4.24. The number of benzene rings is 2. The predicted molar refractivity (Wildman–Crippen MR) is 313 cm³/mol. The maximum atomic E-state index is 4.62. The molecule has 0 atom stereocenters. The van der Waals surface area contributed by atoms with Gasteiger partial charge in [0, 0.05) is 63.4 Å². The van der Waals surface area contributed by atoms with Gasteiger partial charge in [-0.3, -0.25) is 9.97 Å². The number of aromatic nitrogens is 6. The van der Waals surface area contributed by atoms with Gasteiger partial charge in [-0.15, -0.1) is 68.0 Å². The van der Waals surface area contributed by atoms with Crippen LogP contribution in [0, 0.1) is 0 Å². The molecule has 6 nitrogen and oxygen atoms in total. The Labute approximate surface area is 435 Å². The van der Waals surface area contributed by atoms with Crippen LogP contribution in [0.4, 0.5) is 0 Å². The van der Waals surface area contributed by atoms with Crippen molar-refractivity contribution in [3.8, 4) is 19.5 Å². The van der Waals surface area contributed by atoms with Crippen molar-refractivity contribution in [2.75, 3.05) is 0 Å². The normalized spacial score (nSPS) is 11.4. The molecule has 346 valence electrons. The predicted octanol–water partition coefficient (Wildman–Crippen LogP) is 18.5. The van der Waals surface area contributed by atoms with Gasteiger partial charge in [0.2, 0.25) is 0 Å². The van der Waals surface area contributed by atoms with Crippen LogP contribution >= 0.6 is 68.0 Å². The van der Waals surface area contributed by atoms with Crippen molar-refractivity contribution in [2.45, 2.75) is 6.42 Å². The van der Waals surface area contributed by atoms with Crippen molar-refractivity contribution in [2.24, 2.45) is 0 Å². The Kier molecular flexibility index (Phi) is 15.9. The Balaban J connectivity index is 0.000000105. The highest BCUT2D eigenvalue weighted by molar-refractivity contribution is 7.26. The van der Waals surface area contributed by atoms with Crippen LogP contribution < -0.4 is 0 Å². The van der Waals surface area contributed by atoms with Crippen LogP contribution in [0.25, 0.3) is 92.4 Å². The van der Waals surface area contributed by atoms with Crippen LogP contribution in [0.15, 0.2) is 208 Å². The Morgan fingerprint density at radius 3 is 1.21 bits per heavy atom. The zero-order valence-corrected chi connectivity index (χ0v) is 42.9. The summed E-state index contributed by atoms with van der Waals surface area (Å²) in [6.07, 6.45) is 16.9. The van der Waals surface area contributed by atoms with E-state index in [0.717, 1.165) is 62.3 Å². The van der Waals surface area contributed by atoms with Crippen LogP contribution in [0.1, 0.15) is 33.9 Å². The average molecular weight is 1030 g/mol. The van der Waals surface area contributed by atoms with E-state index in [9.17, 15) is 0 Å². The lowest BCUT2D eigenvalue weighted by atomic mass is 10.1. The fourth-order valence-corrected chi connectivity index (χ4v) is 12.4. The molecule has 0 fully saturated rings. The molecule has 0 unspecified atom stereocenters. The van der Waals surface area contributed by atoms with Gasteiger partial charge in [-0.25, -0.2) is 9.97 Å². The van der Waals surface area contributed by atoms with Crippen LogP contribution in [0.2, 0.25) is 0 Å². The summed E-state index contributed by atoms with van der Waals surface area (Å²) in [5.74, 6) is 0. The smallest absolute Gasteiger partial charge is 0.0886 e. The van der Waals surface area contributed by atoms with Crippen molar-refractivity contribution >= 4 is 141 Å². The third-order valence-corrected chi connectivity index (χ3v) is 16.5. The largest absolute Gasteiger partial charge is 0.355 e. The number of rotatable bonds is 2. The number of para-hydroxylation sites is 2. The number of nitrogens with zero attached hydrogens (tertiary/aromatic N) is 4. The van der Waals surface area contributed by atoms with Crippen molar-refractivity contribution < 1.29 is 0 Å². The number of aromatic amines is 2. The molecule has 71 heavy (non-hydrogen) atoms. The SMILES string of the molecule is C1=Cc2cc3ccc(cc4ccc(cc5nc(cc1n2)C=C5)[nH]4)[nH]3.C1=Cc2ccccc2C1.c1cc2sccc2s1.c1ccc2nccnc2c1.c1csc(-c2cccs2)c1.c1csc(-c2cccs2)c1.